The summed E-state index contributed by atoms with van der Waals surface area (Å²) in [6, 6.07) is 13.1. The molecule has 4 aromatic rings. The molecule has 140 valence electrons. The Morgan fingerprint density at radius 1 is 0.357 bits per heavy atom. The first-order valence-electron chi connectivity index (χ1n) is 8.54. The number of aromatic amines is 4. The number of aliphatic hydroxyl groups is 4. The van der Waals surface area contributed by atoms with Crippen LogP contribution in [0.1, 0.15) is 22.8 Å². The second-order valence-electron chi connectivity index (χ2n) is 6.54. The second-order valence-corrected chi connectivity index (χ2v) is 6.54. The van der Waals surface area contributed by atoms with Crippen LogP contribution in [0.4, 0.5) is 0 Å². The second kappa shape index (κ2) is 5.65. The lowest BCUT2D eigenvalue weighted by atomic mass is 10.3. The molecular formula is C20H16N4O4. The Morgan fingerprint density at radius 3 is 0.857 bits per heavy atom. The molecule has 0 radical (unpaired) electrons. The highest BCUT2D eigenvalue weighted by atomic mass is 16.3. The molecule has 8 heteroatoms. The minimum atomic E-state index is -0.0597. The van der Waals surface area contributed by atoms with Gasteiger partial charge in [0.25, 0.3) is 0 Å². The number of H-pyrrole nitrogens is 4. The van der Waals surface area contributed by atoms with Crippen LogP contribution < -0.4 is 21.4 Å². The first-order valence-corrected chi connectivity index (χ1v) is 8.54. The lowest BCUT2D eigenvalue weighted by molar-refractivity contribution is 0.495. The van der Waals surface area contributed by atoms with Crippen molar-refractivity contribution in [2.45, 2.75) is 0 Å². The predicted octanol–water partition coefficient (Wildman–Crippen LogP) is 0.170. The molecule has 1 aliphatic rings. The maximum Gasteiger partial charge on any atom is 0.162 e. The van der Waals surface area contributed by atoms with Crippen LogP contribution in [0.15, 0.2) is 48.5 Å². The number of rotatable bonds is 0. The molecule has 5 rings (SSSR count). The molecule has 0 saturated heterocycles. The zero-order valence-electron chi connectivity index (χ0n) is 14.4. The van der Waals surface area contributed by atoms with E-state index in [9.17, 15) is 20.4 Å². The molecule has 0 aliphatic carbocycles. The molecule has 28 heavy (non-hydrogen) atoms. The molecule has 0 atom stereocenters. The Balaban J connectivity index is 1.90. The fourth-order valence-electron chi connectivity index (χ4n) is 3.27. The van der Waals surface area contributed by atoms with Gasteiger partial charge in [-0.05, 0) is 48.5 Å². The monoisotopic (exact) mass is 376 g/mol. The van der Waals surface area contributed by atoms with E-state index in [1.807, 2.05) is 0 Å². The summed E-state index contributed by atoms with van der Waals surface area (Å²) in [7, 11) is 0. The molecule has 0 amide bonds. The van der Waals surface area contributed by atoms with Gasteiger partial charge in [-0.1, -0.05) is 0 Å². The molecule has 0 fully saturated rings. The van der Waals surface area contributed by atoms with E-state index in [2.05, 4.69) is 19.9 Å². The van der Waals surface area contributed by atoms with Gasteiger partial charge in [-0.3, -0.25) is 0 Å². The highest BCUT2D eigenvalue weighted by Gasteiger charge is 2.12. The van der Waals surface area contributed by atoms with Crippen LogP contribution in [0.5, 0.6) is 0 Å². The topological polar surface area (TPSA) is 144 Å². The van der Waals surface area contributed by atoms with Crippen molar-refractivity contribution in [3.63, 3.8) is 0 Å². The molecule has 4 aromatic heterocycles. The van der Waals surface area contributed by atoms with Crippen molar-refractivity contribution in [1.82, 2.24) is 19.9 Å². The Hall–Kier alpha value is -4.20. The van der Waals surface area contributed by atoms with Crippen LogP contribution in [0.3, 0.4) is 0 Å². The van der Waals surface area contributed by atoms with Gasteiger partial charge in [0.2, 0.25) is 0 Å². The van der Waals surface area contributed by atoms with Gasteiger partial charge in [0.05, 0.1) is 44.2 Å². The van der Waals surface area contributed by atoms with E-state index in [4.69, 9.17) is 0 Å². The molecule has 0 aromatic carbocycles. The molecule has 0 unspecified atom stereocenters. The number of aliphatic hydroxyl groups excluding tert-OH is 4. The van der Waals surface area contributed by atoms with Crippen molar-refractivity contribution in [3.05, 3.63) is 92.7 Å². The van der Waals surface area contributed by atoms with E-state index >= 15 is 0 Å². The summed E-state index contributed by atoms with van der Waals surface area (Å²) in [5.41, 5.74) is 1.57. The van der Waals surface area contributed by atoms with E-state index in [1.165, 1.54) is 0 Å². The van der Waals surface area contributed by atoms with Gasteiger partial charge >= 0.3 is 0 Å². The molecule has 0 spiro atoms. The molecule has 8 N–H and O–H groups in total. The van der Waals surface area contributed by atoms with Crippen LogP contribution in [0.2, 0.25) is 0 Å². The average Bonchev–Trinajstić information content (AvgIpc) is 3.49. The zero-order chi connectivity index (χ0) is 19.4. The summed E-state index contributed by atoms with van der Waals surface area (Å²) in [4.78, 5) is 11.8. The minimum Gasteiger partial charge on any atom is -0.504 e. The molecule has 8 bridgehead atoms. The first-order chi connectivity index (χ1) is 13.5. The van der Waals surface area contributed by atoms with Crippen LogP contribution in [0, 0.1) is 0 Å². The third-order valence-electron chi connectivity index (χ3n) is 4.78. The third-order valence-corrected chi connectivity index (χ3v) is 4.78. The quantitative estimate of drug-likeness (QED) is 0.221. The lowest BCUT2D eigenvalue weighted by Crippen LogP contribution is -2.17. The van der Waals surface area contributed by atoms with E-state index in [-0.39, 0.29) is 23.0 Å². The predicted molar refractivity (Wildman–Crippen MR) is 102 cm³/mol. The maximum atomic E-state index is 10.6. The van der Waals surface area contributed by atoms with Crippen LogP contribution >= 0.6 is 0 Å². The summed E-state index contributed by atoms with van der Waals surface area (Å²) >= 11 is 0. The zero-order valence-corrected chi connectivity index (χ0v) is 14.4. The van der Waals surface area contributed by atoms with Crippen LogP contribution in [-0.4, -0.2) is 40.4 Å². The highest BCUT2D eigenvalue weighted by molar-refractivity contribution is 5.63. The van der Waals surface area contributed by atoms with Crippen molar-refractivity contribution in [2.24, 2.45) is 0 Å². The lowest BCUT2D eigenvalue weighted by Gasteiger charge is -1.99. The van der Waals surface area contributed by atoms with Gasteiger partial charge in [0.15, 0.2) is 23.0 Å². The maximum absolute atomic E-state index is 10.6. The number of hydrogen-bond donors (Lipinski definition) is 8. The fraction of sp³-hybridized carbons (Fsp3) is 0. The number of fused-ring (bicyclic) bond motifs is 8. The third kappa shape index (κ3) is 2.32. The standard InChI is InChI=1S/C20H16N4O4/c25-17-9-1-2-10(21-9)18(26)12-5-6-14(23-12)20(28)16-8-7-15(24-16)19(27)13-4-3-11(17)22-13/h1-8,21-28H. The number of hydrogen-bond acceptors (Lipinski definition) is 4. The largest absolute Gasteiger partial charge is 0.504 e. The molecule has 0 saturated carbocycles. The van der Waals surface area contributed by atoms with Crippen molar-refractivity contribution >= 4 is 23.0 Å². The van der Waals surface area contributed by atoms with Crippen molar-refractivity contribution < 1.29 is 20.4 Å². The van der Waals surface area contributed by atoms with Crippen molar-refractivity contribution in [2.75, 3.05) is 0 Å². The summed E-state index contributed by atoms with van der Waals surface area (Å²) in [6.07, 6.45) is 0. The van der Waals surface area contributed by atoms with Crippen LogP contribution in [0.25, 0.3) is 23.0 Å². The molecular weight excluding hydrogens is 360 g/mol. The summed E-state index contributed by atoms with van der Waals surface area (Å²) in [5.74, 6) is -0.239. The molecule has 5 heterocycles. The van der Waals surface area contributed by atoms with Crippen molar-refractivity contribution in [3.8, 4) is 0 Å². The van der Waals surface area contributed by atoms with Gasteiger partial charge in [-0.25, -0.2) is 0 Å². The van der Waals surface area contributed by atoms with Gasteiger partial charge < -0.3 is 40.4 Å². The van der Waals surface area contributed by atoms with Gasteiger partial charge in [0.1, 0.15) is 0 Å². The van der Waals surface area contributed by atoms with Gasteiger partial charge in [0, 0.05) is 0 Å². The molecule has 8 nitrogen and oxygen atoms in total. The smallest absolute Gasteiger partial charge is 0.162 e. The normalized spacial score (nSPS) is 14.0. The summed E-state index contributed by atoms with van der Waals surface area (Å²) in [5, 5.41) is 43.8. The Labute approximate surface area is 156 Å². The Morgan fingerprint density at radius 2 is 0.607 bits per heavy atom. The highest BCUT2D eigenvalue weighted by Crippen LogP contribution is 2.14. The van der Waals surface area contributed by atoms with Gasteiger partial charge in [-0.15, -0.1) is 0 Å². The number of aromatic nitrogens is 4. The summed E-state index contributed by atoms with van der Waals surface area (Å²) in [6.45, 7) is 0. The summed E-state index contributed by atoms with van der Waals surface area (Å²) < 4.78 is 0. The van der Waals surface area contributed by atoms with Crippen molar-refractivity contribution in [1.29, 1.82) is 0 Å². The SMILES string of the molecule is OC1=c2ccc([nH]2)=C(O)c2ccc([nH]2)C(O)=c2ccc([nH]2)=C(O)c2ccc1[nH]2. The molecule has 1 aliphatic heterocycles. The van der Waals surface area contributed by atoms with Crippen LogP contribution in [-0.2, 0) is 0 Å². The van der Waals surface area contributed by atoms with Gasteiger partial charge in [-0.2, -0.15) is 0 Å². The van der Waals surface area contributed by atoms with E-state index in [0.717, 1.165) is 0 Å². The minimum absolute atomic E-state index is 0.0597. The average molecular weight is 376 g/mol. The number of nitrogens with one attached hydrogen (secondary N) is 4. The fourth-order valence-corrected chi connectivity index (χ4v) is 3.27. The van der Waals surface area contributed by atoms with E-state index < -0.39 is 0 Å². The Kier molecular flexibility index (Phi) is 3.23. The Bertz CT molecular complexity index is 1250. The van der Waals surface area contributed by atoms with E-state index in [1.54, 1.807) is 48.5 Å². The van der Waals surface area contributed by atoms with E-state index in [0.29, 0.717) is 44.2 Å². The first kappa shape index (κ1) is 16.0.